The van der Waals surface area contributed by atoms with Crippen LogP contribution in [0.3, 0.4) is 0 Å². The Hall–Kier alpha value is -1.99. The number of nitrogens with one attached hydrogen (secondary N) is 3. The molecule has 1 atom stereocenters. The van der Waals surface area contributed by atoms with Crippen molar-refractivity contribution in [3.63, 3.8) is 0 Å². The van der Waals surface area contributed by atoms with Crippen LogP contribution in [-0.4, -0.2) is 15.8 Å². The van der Waals surface area contributed by atoms with Gasteiger partial charge in [0.15, 0.2) is 10.6 Å². The Morgan fingerprint density at radius 3 is 2.86 bits per heavy atom. The number of aromatic nitrogens is 2. The molecule has 0 radical (unpaired) electrons. The highest BCUT2D eigenvalue weighted by atomic mass is 32.1. The van der Waals surface area contributed by atoms with E-state index in [1.54, 1.807) is 11.3 Å². The van der Waals surface area contributed by atoms with Crippen LogP contribution in [0, 0.1) is 4.77 Å². The minimum atomic E-state index is -0.311. The van der Waals surface area contributed by atoms with Crippen molar-refractivity contribution >= 4 is 35.2 Å². The van der Waals surface area contributed by atoms with Gasteiger partial charge in [0.2, 0.25) is 0 Å². The first-order valence-electron chi connectivity index (χ1n) is 7.08. The van der Waals surface area contributed by atoms with Crippen LogP contribution in [0.1, 0.15) is 35.6 Å². The molecule has 0 spiro atoms. The molecule has 1 aliphatic carbocycles. The number of allylic oxidation sites excluding steroid dienone is 2. The van der Waals surface area contributed by atoms with E-state index in [2.05, 4.69) is 15.3 Å². The number of ketones is 1. The Bertz CT molecular complexity index is 906. The van der Waals surface area contributed by atoms with Crippen LogP contribution in [0.5, 0.6) is 0 Å². The number of aromatic amines is 2. The van der Waals surface area contributed by atoms with Gasteiger partial charge in [-0.25, -0.2) is 0 Å². The van der Waals surface area contributed by atoms with Gasteiger partial charge in [0.1, 0.15) is 5.82 Å². The van der Waals surface area contributed by atoms with Gasteiger partial charge in [-0.05, 0) is 36.5 Å². The molecule has 0 saturated heterocycles. The van der Waals surface area contributed by atoms with Crippen LogP contribution in [0.4, 0.5) is 5.82 Å². The molecule has 7 heteroatoms. The van der Waals surface area contributed by atoms with Gasteiger partial charge in [-0.15, -0.1) is 11.3 Å². The predicted molar refractivity (Wildman–Crippen MR) is 87.9 cm³/mol. The minimum absolute atomic E-state index is 0.125. The molecular formula is C15H13N3O2S2. The fourth-order valence-electron chi connectivity index (χ4n) is 3.23. The van der Waals surface area contributed by atoms with Crippen molar-refractivity contribution in [3.8, 4) is 0 Å². The maximum atomic E-state index is 12.5. The molecule has 112 valence electrons. The van der Waals surface area contributed by atoms with E-state index in [0.717, 1.165) is 29.0 Å². The van der Waals surface area contributed by atoms with Crippen LogP contribution in [0.2, 0.25) is 0 Å². The molecule has 1 aliphatic heterocycles. The molecule has 3 heterocycles. The third-order valence-electron chi connectivity index (χ3n) is 4.12. The zero-order chi connectivity index (χ0) is 15.3. The number of rotatable bonds is 1. The summed E-state index contributed by atoms with van der Waals surface area (Å²) in [5.41, 5.74) is 1.95. The number of carbonyl (C=O) groups excluding carboxylic acids is 1. The van der Waals surface area contributed by atoms with E-state index in [1.165, 1.54) is 0 Å². The molecule has 0 saturated carbocycles. The standard InChI is InChI=1S/C15H13N3O2S2/c19-8-4-1-3-7-10(8)11(9-5-2-6-22-9)12-13(16-7)17-15(21)18-14(12)20/h2,5-6,11H,1,3-4H2,(H3,16,17,18,20,21)/t11-/m0/s1. The zero-order valence-electron chi connectivity index (χ0n) is 11.6. The highest BCUT2D eigenvalue weighted by Gasteiger charge is 2.37. The number of carbonyl (C=O) groups is 1. The first-order valence-corrected chi connectivity index (χ1v) is 8.37. The molecule has 0 aromatic carbocycles. The van der Waals surface area contributed by atoms with Crippen LogP contribution in [0.25, 0.3) is 0 Å². The number of anilines is 1. The maximum absolute atomic E-state index is 12.5. The van der Waals surface area contributed by atoms with Crippen molar-refractivity contribution < 1.29 is 4.79 Å². The third kappa shape index (κ3) is 2.00. The number of hydrogen-bond donors (Lipinski definition) is 3. The van der Waals surface area contributed by atoms with Crippen LogP contribution >= 0.6 is 23.6 Å². The minimum Gasteiger partial charge on any atom is -0.344 e. The largest absolute Gasteiger partial charge is 0.344 e. The lowest BCUT2D eigenvalue weighted by molar-refractivity contribution is -0.116. The van der Waals surface area contributed by atoms with E-state index in [9.17, 15) is 9.59 Å². The molecule has 2 aliphatic rings. The Morgan fingerprint density at radius 1 is 1.23 bits per heavy atom. The summed E-state index contributed by atoms with van der Waals surface area (Å²) in [5, 5.41) is 5.19. The Morgan fingerprint density at radius 2 is 2.09 bits per heavy atom. The van der Waals surface area contributed by atoms with Gasteiger partial charge in [-0.2, -0.15) is 0 Å². The molecule has 2 aromatic heterocycles. The van der Waals surface area contributed by atoms with Gasteiger partial charge in [0, 0.05) is 22.6 Å². The third-order valence-corrected chi connectivity index (χ3v) is 5.26. The van der Waals surface area contributed by atoms with Gasteiger partial charge in [-0.3, -0.25) is 14.6 Å². The summed E-state index contributed by atoms with van der Waals surface area (Å²) in [6.45, 7) is 0. The number of Topliss-reactive ketones (excluding diaryl/α,β-unsaturated/α-hetero) is 1. The lowest BCUT2D eigenvalue weighted by Crippen LogP contribution is -2.32. The van der Waals surface area contributed by atoms with Gasteiger partial charge >= 0.3 is 0 Å². The highest BCUT2D eigenvalue weighted by Crippen LogP contribution is 2.44. The van der Waals surface area contributed by atoms with Gasteiger partial charge in [0.05, 0.1) is 11.5 Å². The van der Waals surface area contributed by atoms with Crippen molar-refractivity contribution in [2.24, 2.45) is 0 Å². The van der Waals surface area contributed by atoms with Crippen molar-refractivity contribution in [1.82, 2.24) is 9.97 Å². The van der Waals surface area contributed by atoms with Crippen molar-refractivity contribution in [3.05, 3.63) is 54.3 Å². The predicted octanol–water partition coefficient (Wildman–Crippen LogP) is 3.06. The molecule has 0 unspecified atom stereocenters. The second-order valence-electron chi connectivity index (χ2n) is 5.44. The molecule has 0 bridgehead atoms. The molecule has 5 nitrogen and oxygen atoms in total. The van der Waals surface area contributed by atoms with Crippen LogP contribution in [-0.2, 0) is 4.79 Å². The average Bonchev–Trinajstić information content (AvgIpc) is 2.99. The maximum Gasteiger partial charge on any atom is 0.258 e. The summed E-state index contributed by atoms with van der Waals surface area (Å²) >= 11 is 6.62. The van der Waals surface area contributed by atoms with E-state index < -0.39 is 0 Å². The summed E-state index contributed by atoms with van der Waals surface area (Å²) in [6.07, 6.45) is 2.19. The first-order chi connectivity index (χ1) is 10.6. The monoisotopic (exact) mass is 331 g/mol. The molecule has 4 rings (SSSR count). The Kier molecular flexibility index (Phi) is 3.12. The molecule has 3 N–H and O–H groups in total. The van der Waals surface area contributed by atoms with E-state index in [-0.39, 0.29) is 22.0 Å². The van der Waals surface area contributed by atoms with Crippen LogP contribution in [0.15, 0.2) is 33.6 Å². The van der Waals surface area contributed by atoms with E-state index in [4.69, 9.17) is 12.2 Å². The second-order valence-corrected chi connectivity index (χ2v) is 6.83. The average molecular weight is 331 g/mol. The summed E-state index contributed by atoms with van der Waals surface area (Å²) in [5.74, 6) is 0.426. The van der Waals surface area contributed by atoms with E-state index >= 15 is 0 Å². The van der Waals surface area contributed by atoms with Gasteiger partial charge in [-0.1, -0.05) is 6.07 Å². The molecular weight excluding hydrogens is 318 g/mol. The lowest BCUT2D eigenvalue weighted by Gasteiger charge is -2.32. The molecule has 0 fully saturated rings. The van der Waals surface area contributed by atoms with Gasteiger partial charge < -0.3 is 10.3 Å². The van der Waals surface area contributed by atoms with Crippen molar-refractivity contribution in [2.75, 3.05) is 5.32 Å². The summed E-state index contributed by atoms with van der Waals surface area (Å²) in [4.78, 5) is 31.6. The number of H-pyrrole nitrogens is 2. The molecule has 0 amide bonds. The fraction of sp³-hybridized carbons (Fsp3) is 0.267. The van der Waals surface area contributed by atoms with Crippen LogP contribution < -0.4 is 10.9 Å². The zero-order valence-corrected chi connectivity index (χ0v) is 13.2. The van der Waals surface area contributed by atoms with E-state index in [0.29, 0.717) is 17.8 Å². The number of thiophene rings is 1. The fourth-order valence-corrected chi connectivity index (χ4v) is 4.27. The SMILES string of the molecule is O=C1CCCC2=C1[C@H](c1cccs1)c1c([nH]c(=S)[nH]c1=O)N2. The quantitative estimate of drug-likeness (QED) is 0.702. The normalized spacial score (nSPS) is 20.4. The topological polar surface area (TPSA) is 77.8 Å². The van der Waals surface area contributed by atoms with Crippen molar-refractivity contribution in [2.45, 2.75) is 25.2 Å². The number of hydrogen-bond acceptors (Lipinski definition) is 5. The van der Waals surface area contributed by atoms with E-state index in [1.807, 2.05) is 17.5 Å². The molecule has 22 heavy (non-hydrogen) atoms. The smallest absolute Gasteiger partial charge is 0.258 e. The first kappa shape index (κ1) is 13.7. The number of fused-ring (bicyclic) bond motifs is 1. The second kappa shape index (κ2) is 5.03. The lowest BCUT2D eigenvalue weighted by atomic mass is 9.79. The highest BCUT2D eigenvalue weighted by molar-refractivity contribution is 7.71. The van der Waals surface area contributed by atoms with Gasteiger partial charge in [0.25, 0.3) is 5.56 Å². The summed E-state index contributed by atoms with van der Waals surface area (Å²) in [6, 6.07) is 3.91. The summed E-state index contributed by atoms with van der Waals surface area (Å²) in [7, 11) is 0. The Labute approximate surface area is 135 Å². The molecule has 2 aromatic rings. The van der Waals surface area contributed by atoms with Crippen molar-refractivity contribution in [1.29, 1.82) is 0 Å². The summed E-state index contributed by atoms with van der Waals surface area (Å²) < 4.78 is 0.285. The Balaban J connectivity index is 2.03.